The molecule has 0 amide bonds. The summed E-state index contributed by atoms with van der Waals surface area (Å²) in [5.41, 5.74) is 1.28. The standard InChI is InChI=1S/C11H14BrNO2S.C7H6BrNO2S/c1-11(2,3)13-7-8-9(12)5-4-6-10(8)16(13,14)15;8-6-2-1-3-7-5(6)4-9-12(7,10)11/h4-6H,7H2,1-3H3;1-3,9H,4H2. The minimum atomic E-state index is -3.32. The molecule has 0 radical (unpaired) electrons. The Hall–Kier alpha value is -0.780. The van der Waals surface area contributed by atoms with Crippen LogP contribution in [0, 0.1) is 0 Å². The van der Waals surface area contributed by atoms with Crippen molar-refractivity contribution in [3.05, 3.63) is 56.5 Å². The SMILES string of the molecule is CC(C)(C)N1Cc2c(Br)cccc2S1(=O)=O.O=S1(=O)NCc2c(Br)cccc21. The van der Waals surface area contributed by atoms with Crippen LogP contribution in [0.5, 0.6) is 0 Å². The van der Waals surface area contributed by atoms with Gasteiger partial charge in [-0.15, -0.1) is 0 Å². The van der Waals surface area contributed by atoms with E-state index in [0.717, 1.165) is 20.1 Å². The van der Waals surface area contributed by atoms with Crippen LogP contribution in [0.4, 0.5) is 0 Å². The Labute approximate surface area is 182 Å². The fraction of sp³-hybridized carbons (Fsp3) is 0.333. The van der Waals surface area contributed by atoms with Gasteiger partial charge in [-0.25, -0.2) is 21.6 Å². The zero-order valence-electron chi connectivity index (χ0n) is 15.5. The lowest BCUT2D eigenvalue weighted by Gasteiger charge is -2.29. The maximum Gasteiger partial charge on any atom is 0.244 e. The van der Waals surface area contributed by atoms with Crippen molar-refractivity contribution < 1.29 is 16.8 Å². The largest absolute Gasteiger partial charge is 0.244 e. The van der Waals surface area contributed by atoms with E-state index in [1.165, 1.54) is 4.31 Å². The van der Waals surface area contributed by atoms with Gasteiger partial charge in [0.15, 0.2) is 0 Å². The fourth-order valence-electron chi connectivity index (χ4n) is 3.09. The molecule has 0 saturated heterocycles. The van der Waals surface area contributed by atoms with E-state index in [9.17, 15) is 16.8 Å². The van der Waals surface area contributed by atoms with Crippen molar-refractivity contribution in [2.75, 3.05) is 0 Å². The number of halogens is 2. The van der Waals surface area contributed by atoms with Gasteiger partial charge in [-0.3, -0.25) is 0 Å². The molecule has 2 heterocycles. The van der Waals surface area contributed by atoms with Gasteiger partial charge < -0.3 is 0 Å². The summed E-state index contributed by atoms with van der Waals surface area (Å²) < 4.78 is 52.8. The van der Waals surface area contributed by atoms with Crippen molar-refractivity contribution >= 4 is 51.9 Å². The second kappa shape index (κ2) is 7.48. The first-order chi connectivity index (χ1) is 12.9. The van der Waals surface area contributed by atoms with Crippen LogP contribution in [0.3, 0.4) is 0 Å². The highest BCUT2D eigenvalue weighted by Gasteiger charge is 2.41. The molecule has 2 aromatic rings. The molecule has 4 rings (SSSR count). The Morgan fingerprint density at radius 2 is 1.43 bits per heavy atom. The molecule has 28 heavy (non-hydrogen) atoms. The van der Waals surface area contributed by atoms with E-state index < -0.39 is 25.6 Å². The third-order valence-electron chi connectivity index (χ3n) is 4.50. The molecule has 0 bridgehead atoms. The second-order valence-corrected chi connectivity index (χ2v) is 12.7. The van der Waals surface area contributed by atoms with Crippen molar-refractivity contribution in [3.63, 3.8) is 0 Å². The van der Waals surface area contributed by atoms with Gasteiger partial charge in [-0.1, -0.05) is 44.0 Å². The van der Waals surface area contributed by atoms with Crippen LogP contribution >= 0.6 is 31.9 Å². The van der Waals surface area contributed by atoms with E-state index in [4.69, 9.17) is 0 Å². The van der Waals surface area contributed by atoms with Crippen LogP contribution in [0.2, 0.25) is 0 Å². The molecule has 0 unspecified atom stereocenters. The summed E-state index contributed by atoms with van der Waals surface area (Å²) in [6, 6.07) is 10.5. The van der Waals surface area contributed by atoms with Crippen LogP contribution in [0.25, 0.3) is 0 Å². The predicted octanol–water partition coefficient (Wildman–Crippen LogP) is 3.99. The van der Waals surface area contributed by atoms with Gasteiger partial charge >= 0.3 is 0 Å². The van der Waals surface area contributed by atoms with E-state index in [-0.39, 0.29) is 0 Å². The molecule has 0 atom stereocenters. The van der Waals surface area contributed by atoms with Crippen LogP contribution in [-0.2, 0) is 33.1 Å². The van der Waals surface area contributed by atoms with E-state index in [0.29, 0.717) is 22.9 Å². The molecule has 0 saturated carbocycles. The zero-order valence-corrected chi connectivity index (χ0v) is 20.3. The molecule has 0 fully saturated rings. The lowest BCUT2D eigenvalue weighted by molar-refractivity contribution is 0.252. The lowest BCUT2D eigenvalue weighted by Crippen LogP contribution is -2.41. The predicted molar refractivity (Wildman–Crippen MR) is 115 cm³/mol. The van der Waals surface area contributed by atoms with E-state index in [1.54, 1.807) is 24.3 Å². The number of hydrogen-bond acceptors (Lipinski definition) is 4. The maximum atomic E-state index is 12.3. The third-order valence-corrected chi connectivity index (χ3v) is 9.67. The zero-order chi connectivity index (χ0) is 20.9. The molecule has 2 aliphatic rings. The van der Waals surface area contributed by atoms with Crippen LogP contribution in [0.15, 0.2) is 55.1 Å². The lowest BCUT2D eigenvalue weighted by atomic mass is 10.1. The molecule has 152 valence electrons. The summed E-state index contributed by atoms with van der Waals surface area (Å²) >= 11 is 6.70. The first-order valence-corrected chi connectivity index (χ1v) is 12.9. The van der Waals surface area contributed by atoms with Gasteiger partial charge in [-0.05, 0) is 45.0 Å². The van der Waals surface area contributed by atoms with Crippen molar-refractivity contribution in [1.82, 2.24) is 9.03 Å². The molecule has 2 aliphatic heterocycles. The maximum absolute atomic E-state index is 12.3. The second-order valence-electron chi connectivity index (χ2n) is 7.44. The molecule has 1 N–H and O–H groups in total. The van der Waals surface area contributed by atoms with Crippen LogP contribution < -0.4 is 4.72 Å². The van der Waals surface area contributed by atoms with Crippen molar-refractivity contribution in [2.24, 2.45) is 0 Å². The van der Waals surface area contributed by atoms with E-state index in [2.05, 4.69) is 36.6 Å². The summed E-state index contributed by atoms with van der Waals surface area (Å²) in [4.78, 5) is 0.814. The van der Waals surface area contributed by atoms with E-state index in [1.807, 2.05) is 32.9 Å². The van der Waals surface area contributed by atoms with Crippen molar-refractivity contribution in [2.45, 2.75) is 49.2 Å². The third kappa shape index (κ3) is 3.95. The fourth-order valence-corrected chi connectivity index (χ4v) is 7.59. The van der Waals surface area contributed by atoms with Crippen molar-refractivity contribution in [1.29, 1.82) is 0 Å². The summed E-state index contributed by atoms with van der Waals surface area (Å²) in [6.07, 6.45) is 0. The number of nitrogens with zero attached hydrogens (tertiary/aromatic N) is 1. The quantitative estimate of drug-likeness (QED) is 0.536. The van der Waals surface area contributed by atoms with Gasteiger partial charge in [0.2, 0.25) is 20.0 Å². The molecular formula is C18H20Br2N2O4S2. The highest BCUT2D eigenvalue weighted by molar-refractivity contribution is 9.10. The number of rotatable bonds is 0. The van der Waals surface area contributed by atoms with E-state index >= 15 is 0 Å². The number of nitrogens with one attached hydrogen (secondary N) is 1. The summed E-state index contributed by atoms with van der Waals surface area (Å²) in [7, 11) is -6.53. The smallest absolute Gasteiger partial charge is 0.207 e. The highest BCUT2D eigenvalue weighted by Crippen LogP contribution is 2.38. The first kappa shape index (κ1) is 21.9. The highest BCUT2D eigenvalue weighted by atomic mass is 79.9. The Balaban J connectivity index is 0.000000167. The minimum Gasteiger partial charge on any atom is -0.207 e. The number of sulfonamides is 2. The van der Waals surface area contributed by atoms with Crippen LogP contribution in [-0.4, -0.2) is 26.7 Å². The number of benzene rings is 2. The molecule has 10 heteroatoms. The molecule has 0 spiro atoms. The summed E-state index contributed by atoms with van der Waals surface area (Å²) in [6.45, 7) is 6.56. The molecular weight excluding hydrogens is 532 g/mol. The summed E-state index contributed by atoms with van der Waals surface area (Å²) in [5, 5.41) is 0. The average Bonchev–Trinajstić information content (AvgIpc) is 3.04. The molecule has 0 aromatic heterocycles. The Bertz CT molecular complexity index is 1140. The normalized spacial score (nSPS) is 19.5. The first-order valence-electron chi connectivity index (χ1n) is 8.43. The van der Waals surface area contributed by atoms with Gasteiger partial charge in [0.05, 0.1) is 9.79 Å². The number of hydrogen-bond donors (Lipinski definition) is 1. The Morgan fingerprint density at radius 3 is 1.93 bits per heavy atom. The average molecular weight is 552 g/mol. The van der Waals surface area contributed by atoms with Crippen LogP contribution in [0.1, 0.15) is 31.9 Å². The minimum absolute atomic E-state index is 0.386. The Morgan fingerprint density at radius 1 is 0.893 bits per heavy atom. The van der Waals surface area contributed by atoms with Gasteiger partial charge in [-0.2, -0.15) is 4.31 Å². The molecule has 6 nitrogen and oxygen atoms in total. The van der Waals surface area contributed by atoms with Gasteiger partial charge in [0, 0.05) is 38.7 Å². The number of fused-ring (bicyclic) bond motifs is 2. The molecule has 2 aromatic carbocycles. The molecule has 0 aliphatic carbocycles. The van der Waals surface area contributed by atoms with Gasteiger partial charge in [0.1, 0.15) is 0 Å². The monoisotopic (exact) mass is 550 g/mol. The van der Waals surface area contributed by atoms with Crippen molar-refractivity contribution in [3.8, 4) is 0 Å². The topological polar surface area (TPSA) is 83.6 Å². The summed E-state index contributed by atoms with van der Waals surface area (Å²) in [5.74, 6) is 0. The Kier molecular flexibility index (Phi) is 5.85. The van der Waals surface area contributed by atoms with Gasteiger partial charge in [0.25, 0.3) is 0 Å².